The first kappa shape index (κ1) is 20.5. The number of anilines is 3. The molecule has 0 atom stereocenters. The minimum atomic E-state index is -4.58. The van der Waals surface area contributed by atoms with Crippen LogP contribution in [-0.2, 0) is 6.18 Å². The molecule has 2 N–H and O–H groups in total. The molecule has 5 rings (SSSR count). The van der Waals surface area contributed by atoms with Crippen molar-refractivity contribution in [1.82, 2.24) is 14.4 Å². The number of aromatic nitrogens is 3. The number of benzene rings is 2. The second kappa shape index (κ2) is 7.94. The average molecular weight is 447 g/mol. The van der Waals surface area contributed by atoms with Crippen LogP contribution >= 0.6 is 0 Å². The van der Waals surface area contributed by atoms with Crippen molar-refractivity contribution in [2.24, 2.45) is 0 Å². The monoisotopic (exact) mass is 447 g/mol. The van der Waals surface area contributed by atoms with E-state index < -0.39 is 17.8 Å². The van der Waals surface area contributed by atoms with Crippen molar-refractivity contribution < 1.29 is 18.0 Å². The number of amides is 1. The van der Waals surface area contributed by atoms with Crippen LogP contribution in [0, 0.1) is 0 Å². The Morgan fingerprint density at radius 1 is 0.909 bits per heavy atom. The van der Waals surface area contributed by atoms with Gasteiger partial charge in [0.25, 0.3) is 5.91 Å². The maximum atomic E-state index is 13.3. The van der Waals surface area contributed by atoms with E-state index in [9.17, 15) is 18.0 Å². The van der Waals surface area contributed by atoms with Gasteiger partial charge in [-0.05, 0) is 42.5 Å². The number of carbonyl (C=O) groups is 1. The van der Waals surface area contributed by atoms with Gasteiger partial charge in [0.05, 0.1) is 16.7 Å². The Morgan fingerprint density at radius 2 is 1.70 bits per heavy atom. The fraction of sp³-hybridized carbons (Fsp3) is 0.0417. The summed E-state index contributed by atoms with van der Waals surface area (Å²) in [5.74, 6) is -0.394. The fourth-order valence-electron chi connectivity index (χ4n) is 3.56. The summed E-state index contributed by atoms with van der Waals surface area (Å²) in [4.78, 5) is 20.6. The number of halogens is 3. The zero-order chi connectivity index (χ0) is 23.0. The summed E-state index contributed by atoms with van der Waals surface area (Å²) < 4.78 is 41.8. The second-order valence-electron chi connectivity index (χ2n) is 7.32. The maximum absolute atomic E-state index is 13.3. The van der Waals surface area contributed by atoms with Gasteiger partial charge in [0, 0.05) is 23.0 Å². The van der Waals surface area contributed by atoms with Crippen LogP contribution in [0.4, 0.5) is 30.2 Å². The van der Waals surface area contributed by atoms with Gasteiger partial charge >= 0.3 is 6.18 Å². The van der Waals surface area contributed by atoms with E-state index in [1.54, 1.807) is 65.5 Å². The van der Waals surface area contributed by atoms with Crippen LogP contribution in [0.25, 0.3) is 16.4 Å². The van der Waals surface area contributed by atoms with Gasteiger partial charge < -0.3 is 15.0 Å². The van der Waals surface area contributed by atoms with Crippen LogP contribution in [0.1, 0.15) is 16.2 Å². The molecule has 0 aliphatic rings. The van der Waals surface area contributed by atoms with Crippen molar-refractivity contribution in [3.63, 3.8) is 0 Å². The number of hydrogen-bond acceptors (Lipinski definition) is 4. The molecule has 164 valence electrons. The molecule has 1 amide bonds. The molecule has 3 heterocycles. The summed E-state index contributed by atoms with van der Waals surface area (Å²) in [5, 5.41) is 6.36. The highest BCUT2D eigenvalue weighted by molar-refractivity contribution is 6.07. The number of nitrogens with zero attached hydrogens (tertiary/aromatic N) is 3. The quantitative estimate of drug-likeness (QED) is 0.360. The van der Waals surface area contributed by atoms with Crippen molar-refractivity contribution in [2.45, 2.75) is 6.18 Å². The Kier molecular flexibility index (Phi) is 4.93. The number of nitrogens with one attached hydrogen (secondary N) is 2. The van der Waals surface area contributed by atoms with Crippen LogP contribution in [0.5, 0.6) is 0 Å². The Bertz CT molecular complexity index is 1490. The van der Waals surface area contributed by atoms with Gasteiger partial charge in [0.1, 0.15) is 12.0 Å². The van der Waals surface area contributed by atoms with E-state index in [4.69, 9.17) is 0 Å². The molecule has 2 aromatic carbocycles. The standard InChI is InChI=1S/C24H16F3N5O/c25-24(26,27)21-13-19(17-8-1-2-9-18(17)31-21)29-15-6-5-7-16(12-15)30-23(33)22-20-10-3-4-11-32(20)14-28-22/h1-14H,(H,29,31)(H,30,33). The number of pyridine rings is 2. The summed E-state index contributed by atoms with van der Waals surface area (Å²) in [6, 6.07) is 19.7. The van der Waals surface area contributed by atoms with Gasteiger partial charge in [-0.25, -0.2) is 9.97 Å². The number of carbonyl (C=O) groups excluding carboxylic acids is 1. The van der Waals surface area contributed by atoms with Crippen LogP contribution in [-0.4, -0.2) is 20.3 Å². The van der Waals surface area contributed by atoms with Crippen molar-refractivity contribution in [3.05, 3.63) is 96.7 Å². The molecule has 6 nitrogen and oxygen atoms in total. The highest BCUT2D eigenvalue weighted by atomic mass is 19.4. The highest BCUT2D eigenvalue weighted by Crippen LogP contribution is 2.34. The number of hydrogen-bond donors (Lipinski definition) is 2. The van der Waals surface area contributed by atoms with Gasteiger partial charge in [-0.15, -0.1) is 0 Å². The molecule has 0 aliphatic carbocycles. The molecule has 33 heavy (non-hydrogen) atoms. The Hall–Kier alpha value is -4.40. The molecular formula is C24H16F3N5O. The van der Waals surface area contributed by atoms with Crippen LogP contribution in [0.15, 0.2) is 85.3 Å². The Balaban J connectivity index is 1.44. The molecule has 0 saturated carbocycles. The molecule has 0 radical (unpaired) electrons. The molecule has 0 bridgehead atoms. The minimum absolute atomic E-state index is 0.228. The van der Waals surface area contributed by atoms with E-state index in [-0.39, 0.29) is 16.9 Å². The highest BCUT2D eigenvalue weighted by Gasteiger charge is 2.33. The third-order valence-electron chi connectivity index (χ3n) is 5.07. The van der Waals surface area contributed by atoms with Gasteiger partial charge in [0.15, 0.2) is 5.69 Å². The van der Waals surface area contributed by atoms with E-state index in [0.29, 0.717) is 22.3 Å². The van der Waals surface area contributed by atoms with Crippen molar-refractivity contribution in [1.29, 1.82) is 0 Å². The second-order valence-corrected chi connectivity index (χ2v) is 7.32. The zero-order valence-corrected chi connectivity index (χ0v) is 17.0. The maximum Gasteiger partial charge on any atom is 0.433 e. The lowest BCUT2D eigenvalue weighted by Gasteiger charge is -2.14. The normalized spacial score (nSPS) is 11.6. The summed E-state index contributed by atoms with van der Waals surface area (Å²) in [6.45, 7) is 0. The molecular weight excluding hydrogens is 431 g/mol. The van der Waals surface area contributed by atoms with Gasteiger partial charge in [-0.1, -0.05) is 30.3 Å². The number of fused-ring (bicyclic) bond motifs is 2. The summed E-state index contributed by atoms with van der Waals surface area (Å²) in [7, 11) is 0. The third-order valence-corrected chi connectivity index (χ3v) is 5.07. The Labute approximate surface area is 185 Å². The molecule has 0 unspecified atom stereocenters. The molecule has 0 spiro atoms. The van der Waals surface area contributed by atoms with E-state index >= 15 is 0 Å². The number of para-hydroxylation sites is 1. The molecule has 0 fully saturated rings. The number of rotatable bonds is 4. The van der Waals surface area contributed by atoms with E-state index in [0.717, 1.165) is 6.07 Å². The van der Waals surface area contributed by atoms with Gasteiger partial charge in [-0.3, -0.25) is 4.79 Å². The number of imidazole rings is 1. The minimum Gasteiger partial charge on any atom is -0.355 e. The first-order valence-corrected chi connectivity index (χ1v) is 9.95. The van der Waals surface area contributed by atoms with Crippen LogP contribution < -0.4 is 10.6 Å². The summed E-state index contributed by atoms with van der Waals surface area (Å²) in [5.41, 5.74) is 1.40. The van der Waals surface area contributed by atoms with Crippen molar-refractivity contribution in [3.8, 4) is 0 Å². The Morgan fingerprint density at radius 3 is 2.55 bits per heavy atom. The van der Waals surface area contributed by atoms with Gasteiger partial charge in [-0.2, -0.15) is 13.2 Å². The smallest absolute Gasteiger partial charge is 0.355 e. The first-order chi connectivity index (χ1) is 15.9. The molecule has 9 heteroatoms. The van der Waals surface area contributed by atoms with E-state index in [1.807, 2.05) is 12.1 Å². The van der Waals surface area contributed by atoms with E-state index in [1.165, 1.54) is 6.07 Å². The first-order valence-electron chi connectivity index (χ1n) is 9.95. The molecule has 3 aromatic heterocycles. The zero-order valence-electron chi connectivity index (χ0n) is 17.0. The third kappa shape index (κ3) is 4.08. The average Bonchev–Trinajstić information content (AvgIpc) is 3.23. The lowest BCUT2D eigenvalue weighted by atomic mass is 10.1. The predicted molar refractivity (Wildman–Crippen MR) is 120 cm³/mol. The topological polar surface area (TPSA) is 71.3 Å². The van der Waals surface area contributed by atoms with Crippen molar-refractivity contribution >= 4 is 39.4 Å². The molecule has 0 saturated heterocycles. The van der Waals surface area contributed by atoms with Crippen LogP contribution in [0.2, 0.25) is 0 Å². The number of alkyl halides is 3. The largest absolute Gasteiger partial charge is 0.433 e. The summed E-state index contributed by atoms with van der Waals surface area (Å²) >= 11 is 0. The molecule has 0 aliphatic heterocycles. The van der Waals surface area contributed by atoms with Crippen molar-refractivity contribution in [2.75, 3.05) is 10.6 Å². The SMILES string of the molecule is O=C(Nc1cccc(Nc2cc(C(F)(F)F)nc3ccccc23)c1)c1ncn2ccccc12. The summed E-state index contributed by atoms with van der Waals surface area (Å²) in [6.07, 6.45) is -1.24. The predicted octanol–water partition coefficient (Wildman–Crippen LogP) is 5.90. The lowest BCUT2D eigenvalue weighted by Crippen LogP contribution is -2.13. The lowest BCUT2D eigenvalue weighted by molar-refractivity contribution is -0.140. The fourth-order valence-corrected chi connectivity index (χ4v) is 3.56. The molecule has 5 aromatic rings. The van der Waals surface area contributed by atoms with Gasteiger partial charge in [0.2, 0.25) is 0 Å². The van der Waals surface area contributed by atoms with Crippen LogP contribution in [0.3, 0.4) is 0 Å². The van der Waals surface area contributed by atoms with E-state index in [2.05, 4.69) is 20.6 Å².